The van der Waals surface area contributed by atoms with E-state index >= 15 is 0 Å². The van der Waals surface area contributed by atoms with Gasteiger partial charge in [0, 0.05) is 0 Å². The highest BCUT2D eigenvalue weighted by Crippen LogP contribution is 2.35. The number of rotatable bonds is 5. The fourth-order valence-electron chi connectivity index (χ4n) is 0.585. The molecule has 0 aliphatic carbocycles. The predicted octanol–water partition coefficient (Wildman–Crippen LogP) is -0.00450. The Morgan fingerprint density at radius 2 is 2.18 bits per heavy atom. The molecule has 0 fully saturated rings. The molecule has 0 aromatic heterocycles. The van der Waals surface area contributed by atoms with Crippen LogP contribution in [-0.2, 0) is 9.30 Å². The molecule has 0 amide bonds. The number of ether oxygens (including phenoxy) is 1. The lowest BCUT2D eigenvalue weighted by Gasteiger charge is -2.14. The molecule has 5 heteroatoms. The molecule has 0 bridgehead atoms. The zero-order valence-corrected chi connectivity index (χ0v) is 8.30. The van der Waals surface area contributed by atoms with Crippen LogP contribution in [0.25, 0.3) is 0 Å². The van der Waals surface area contributed by atoms with Crippen LogP contribution in [0.15, 0.2) is 0 Å². The monoisotopic (exact) mass is 178 g/mol. The first-order chi connectivity index (χ1) is 4.99. The summed E-state index contributed by atoms with van der Waals surface area (Å²) in [7, 11) is -0.152. The average molecular weight is 178 g/mol. The molecule has 0 aromatic rings. The maximum absolute atomic E-state index is 11.1. The van der Waals surface area contributed by atoms with E-state index in [2.05, 4.69) is 0 Å². The highest BCUT2D eigenvalue weighted by Gasteiger charge is 2.11. The van der Waals surface area contributed by atoms with Crippen LogP contribution in [0, 0.1) is 0 Å². The molecule has 11 heavy (non-hydrogen) atoms. The summed E-state index contributed by atoms with van der Waals surface area (Å²) in [6, 6.07) is 0. The molecule has 1 N–H and O–H groups in total. The smallest absolute Gasteiger partial charge is 0.106 e. The molecule has 0 saturated carbocycles. The van der Waals surface area contributed by atoms with Crippen LogP contribution in [0.5, 0.6) is 0 Å². The van der Waals surface area contributed by atoms with Crippen molar-refractivity contribution >= 4 is 15.0 Å². The first-order valence-electron chi connectivity index (χ1n) is 3.76. The SMILES string of the molecule is BCC(CO)OCP(C)(C)=O. The second-order valence-corrected chi connectivity index (χ2v) is 6.49. The highest BCUT2D eigenvalue weighted by molar-refractivity contribution is 7.62. The Balaban J connectivity index is 3.59. The Kier molecular flexibility index (Phi) is 5.06. The minimum atomic E-state index is -2.08. The van der Waals surface area contributed by atoms with Gasteiger partial charge in [-0.25, -0.2) is 0 Å². The summed E-state index contributed by atoms with van der Waals surface area (Å²) in [6.07, 6.45) is 0.881. The van der Waals surface area contributed by atoms with Gasteiger partial charge in [-0.15, -0.1) is 0 Å². The molecule has 0 aliphatic rings. The third kappa shape index (κ3) is 6.61. The van der Waals surface area contributed by atoms with Crippen molar-refractivity contribution in [2.75, 3.05) is 26.3 Å². The molecule has 3 nitrogen and oxygen atoms in total. The largest absolute Gasteiger partial charge is 0.394 e. The fourth-order valence-corrected chi connectivity index (χ4v) is 1.15. The maximum atomic E-state index is 11.1. The van der Waals surface area contributed by atoms with Crippen molar-refractivity contribution in [3.63, 3.8) is 0 Å². The number of aliphatic hydroxyl groups is 1. The van der Waals surface area contributed by atoms with Crippen molar-refractivity contribution in [3.8, 4) is 0 Å². The van der Waals surface area contributed by atoms with Crippen molar-refractivity contribution in [2.45, 2.75) is 12.4 Å². The summed E-state index contributed by atoms with van der Waals surface area (Å²) < 4.78 is 16.3. The second kappa shape index (κ2) is 4.97. The van der Waals surface area contributed by atoms with Gasteiger partial charge < -0.3 is 14.4 Å². The standard InChI is InChI=1S/C6H16BO3P/c1-11(2,9)5-10-6(3-7)4-8/h6,8H,3-5,7H2,1-2H3. The Hall–Kier alpha value is 0.215. The summed E-state index contributed by atoms with van der Waals surface area (Å²) >= 11 is 0. The molecule has 0 heterocycles. The fraction of sp³-hybridized carbons (Fsp3) is 1.00. The molecule has 0 radical (unpaired) electrons. The van der Waals surface area contributed by atoms with Gasteiger partial charge in [-0.1, -0.05) is 6.32 Å². The molecule has 66 valence electrons. The third-order valence-corrected chi connectivity index (χ3v) is 2.05. The Labute approximate surface area is 68.9 Å². The van der Waals surface area contributed by atoms with E-state index in [0.717, 1.165) is 6.32 Å². The van der Waals surface area contributed by atoms with Crippen molar-refractivity contribution in [1.29, 1.82) is 0 Å². The average Bonchev–Trinajstić information content (AvgIpc) is 1.88. The van der Waals surface area contributed by atoms with Crippen LogP contribution in [0.1, 0.15) is 0 Å². The van der Waals surface area contributed by atoms with Crippen LogP contribution < -0.4 is 0 Å². The lowest BCUT2D eigenvalue weighted by molar-refractivity contribution is 0.0503. The molecule has 1 atom stereocenters. The molecule has 0 rings (SSSR count). The molecular weight excluding hydrogens is 162 g/mol. The zero-order valence-electron chi connectivity index (χ0n) is 7.41. The molecule has 1 unspecified atom stereocenters. The van der Waals surface area contributed by atoms with Crippen LogP contribution in [0.4, 0.5) is 0 Å². The summed E-state index contributed by atoms with van der Waals surface area (Å²) in [4.78, 5) is 0. The lowest BCUT2D eigenvalue weighted by atomic mass is 10.0. The van der Waals surface area contributed by atoms with Gasteiger partial charge in [-0.05, 0) is 13.3 Å². The van der Waals surface area contributed by atoms with Crippen LogP contribution in [-0.4, -0.2) is 45.3 Å². The van der Waals surface area contributed by atoms with Gasteiger partial charge in [0.15, 0.2) is 0 Å². The topological polar surface area (TPSA) is 46.5 Å². The van der Waals surface area contributed by atoms with Gasteiger partial charge in [-0.2, -0.15) is 0 Å². The van der Waals surface area contributed by atoms with Crippen LogP contribution in [0.3, 0.4) is 0 Å². The van der Waals surface area contributed by atoms with E-state index < -0.39 is 7.14 Å². The molecule has 0 saturated heterocycles. The summed E-state index contributed by atoms with van der Waals surface area (Å²) in [5.41, 5.74) is 0. The second-order valence-electron chi connectivity index (χ2n) is 3.08. The Morgan fingerprint density at radius 3 is 2.45 bits per heavy atom. The molecule has 0 aliphatic heterocycles. The Bertz CT molecular complexity index is 141. The van der Waals surface area contributed by atoms with E-state index in [0.29, 0.717) is 0 Å². The van der Waals surface area contributed by atoms with Crippen molar-refractivity contribution in [2.24, 2.45) is 0 Å². The zero-order chi connectivity index (χ0) is 8.91. The van der Waals surface area contributed by atoms with Crippen LogP contribution in [0.2, 0.25) is 6.32 Å². The molecular formula is C6H16BO3P. The van der Waals surface area contributed by atoms with Gasteiger partial charge in [0.1, 0.15) is 15.0 Å². The minimum absolute atomic E-state index is 0.0104. The first kappa shape index (κ1) is 11.2. The van der Waals surface area contributed by atoms with E-state index in [9.17, 15) is 4.57 Å². The van der Waals surface area contributed by atoms with Gasteiger partial charge in [0.2, 0.25) is 0 Å². The van der Waals surface area contributed by atoms with E-state index in [-0.39, 0.29) is 19.1 Å². The predicted molar refractivity (Wildman–Crippen MR) is 49.6 cm³/mol. The summed E-state index contributed by atoms with van der Waals surface area (Å²) in [5, 5.41) is 8.71. The van der Waals surface area contributed by atoms with E-state index in [1.807, 2.05) is 7.85 Å². The molecule has 0 spiro atoms. The van der Waals surface area contributed by atoms with Crippen molar-refractivity contribution in [3.05, 3.63) is 0 Å². The van der Waals surface area contributed by atoms with Crippen molar-refractivity contribution in [1.82, 2.24) is 0 Å². The maximum Gasteiger partial charge on any atom is 0.106 e. The lowest BCUT2D eigenvalue weighted by Crippen LogP contribution is -2.17. The van der Waals surface area contributed by atoms with E-state index in [4.69, 9.17) is 9.84 Å². The minimum Gasteiger partial charge on any atom is -0.394 e. The van der Waals surface area contributed by atoms with Gasteiger partial charge in [0.05, 0.1) is 19.1 Å². The number of hydrogen-bond donors (Lipinski definition) is 1. The van der Waals surface area contributed by atoms with E-state index in [1.165, 1.54) is 0 Å². The third-order valence-electron chi connectivity index (χ3n) is 1.28. The first-order valence-corrected chi connectivity index (χ1v) is 6.54. The summed E-state index contributed by atoms with van der Waals surface area (Å²) in [6.45, 7) is 3.37. The van der Waals surface area contributed by atoms with Gasteiger partial charge in [0.25, 0.3) is 0 Å². The van der Waals surface area contributed by atoms with Gasteiger partial charge >= 0.3 is 0 Å². The normalized spacial score (nSPS) is 14.8. The van der Waals surface area contributed by atoms with Crippen LogP contribution >= 0.6 is 7.14 Å². The number of aliphatic hydroxyl groups excluding tert-OH is 1. The van der Waals surface area contributed by atoms with E-state index in [1.54, 1.807) is 13.3 Å². The number of hydrogen-bond acceptors (Lipinski definition) is 3. The highest BCUT2D eigenvalue weighted by atomic mass is 31.2. The van der Waals surface area contributed by atoms with Gasteiger partial charge in [-0.3, -0.25) is 0 Å². The summed E-state index contributed by atoms with van der Waals surface area (Å²) in [5.74, 6) is 0. The van der Waals surface area contributed by atoms with Crippen molar-refractivity contribution < 1.29 is 14.4 Å². The quantitative estimate of drug-likeness (QED) is 0.475. The molecule has 0 aromatic carbocycles. The Morgan fingerprint density at radius 1 is 1.64 bits per heavy atom.